The predicted octanol–water partition coefficient (Wildman–Crippen LogP) is 4.75. The lowest BCUT2D eigenvalue weighted by molar-refractivity contribution is 0.0936. The highest BCUT2D eigenvalue weighted by molar-refractivity contribution is 14.1. The van der Waals surface area contributed by atoms with Crippen molar-refractivity contribution in [1.29, 1.82) is 0 Å². The van der Waals surface area contributed by atoms with Gasteiger partial charge in [0.1, 0.15) is 5.75 Å². The second-order valence-electron chi connectivity index (χ2n) is 7.99. The highest BCUT2D eigenvalue weighted by Crippen LogP contribution is 2.23. The zero-order valence-corrected chi connectivity index (χ0v) is 20.8. The van der Waals surface area contributed by atoms with Crippen LogP contribution in [0.15, 0.2) is 72.8 Å². The van der Waals surface area contributed by atoms with Crippen LogP contribution in [0.4, 0.5) is 4.79 Å². The number of urea groups is 1. The third-order valence-corrected chi connectivity index (χ3v) is 5.80. The molecule has 0 unspecified atom stereocenters. The Morgan fingerprint density at radius 2 is 1.64 bits per heavy atom. The summed E-state index contributed by atoms with van der Waals surface area (Å²) >= 11 is 2.16. The summed E-state index contributed by atoms with van der Waals surface area (Å²) in [4.78, 5) is 24.2. The summed E-state index contributed by atoms with van der Waals surface area (Å²) in [6.45, 7) is 4.14. The molecule has 0 fully saturated rings. The maximum Gasteiger partial charge on any atom is 0.312 e. The molecule has 0 bridgehead atoms. The van der Waals surface area contributed by atoms with Crippen molar-refractivity contribution in [1.82, 2.24) is 10.6 Å². The Morgan fingerprint density at radius 1 is 0.970 bits per heavy atom. The Hall–Kier alpha value is -3.07. The molecule has 0 aliphatic rings. The van der Waals surface area contributed by atoms with Gasteiger partial charge in [-0.2, -0.15) is 0 Å². The van der Waals surface area contributed by atoms with E-state index in [1.165, 1.54) is 0 Å². The second kappa shape index (κ2) is 11.7. The molecule has 33 heavy (non-hydrogen) atoms. The van der Waals surface area contributed by atoms with Crippen LogP contribution in [-0.2, 0) is 6.42 Å². The second-order valence-corrected chi connectivity index (χ2v) is 9.16. The Morgan fingerprint density at radius 3 is 2.24 bits per heavy atom. The van der Waals surface area contributed by atoms with Gasteiger partial charge in [0, 0.05) is 12.1 Å². The largest absolute Gasteiger partial charge is 0.490 e. The average molecular weight is 557 g/mol. The van der Waals surface area contributed by atoms with Gasteiger partial charge >= 0.3 is 6.03 Å². The van der Waals surface area contributed by atoms with E-state index in [2.05, 4.69) is 57.5 Å². The third kappa shape index (κ3) is 7.49. The van der Waals surface area contributed by atoms with Gasteiger partial charge in [0.15, 0.2) is 0 Å². The van der Waals surface area contributed by atoms with Crippen molar-refractivity contribution >= 4 is 34.5 Å². The number of primary amides is 1. The number of halogens is 1. The number of rotatable bonds is 9. The zero-order chi connectivity index (χ0) is 23.8. The molecule has 0 heterocycles. The lowest BCUT2D eigenvalue weighted by atomic mass is 10.0. The lowest BCUT2D eigenvalue weighted by Gasteiger charge is -2.20. The first kappa shape index (κ1) is 24.6. The van der Waals surface area contributed by atoms with Crippen LogP contribution in [0.2, 0.25) is 0 Å². The van der Waals surface area contributed by atoms with Gasteiger partial charge in [-0.25, -0.2) is 4.79 Å². The van der Waals surface area contributed by atoms with Crippen LogP contribution in [0.5, 0.6) is 5.75 Å². The minimum absolute atomic E-state index is 0.0516. The molecule has 4 N–H and O–H groups in total. The molecular formula is C26H28IN3O3. The number of nitrogens with one attached hydrogen (secondary N) is 2. The summed E-state index contributed by atoms with van der Waals surface area (Å²) in [6, 6.07) is 22.7. The maximum atomic E-state index is 12.9. The first-order valence-electron chi connectivity index (χ1n) is 10.8. The molecule has 0 radical (unpaired) electrons. The van der Waals surface area contributed by atoms with Gasteiger partial charge in [0.2, 0.25) is 0 Å². The maximum absolute atomic E-state index is 12.9. The van der Waals surface area contributed by atoms with Crippen molar-refractivity contribution in [2.45, 2.75) is 32.4 Å². The first-order valence-corrected chi connectivity index (χ1v) is 11.8. The molecule has 1 atom stereocenters. The van der Waals surface area contributed by atoms with E-state index in [0.717, 1.165) is 26.0 Å². The van der Waals surface area contributed by atoms with Gasteiger partial charge in [-0.15, -0.1) is 0 Å². The van der Waals surface area contributed by atoms with Gasteiger partial charge < -0.3 is 21.1 Å². The molecule has 0 aromatic heterocycles. The number of carbonyl (C=O) groups excluding carboxylic acids is 2. The molecule has 172 valence electrons. The summed E-state index contributed by atoms with van der Waals surface area (Å²) in [6.07, 6.45) is 0.600. The molecule has 3 amide bonds. The van der Waals surface area contributed by atoms with E-state index < -0.39 is 6.03 Å². The number of hydrogen-bond acceptors (Lipinski definition) is 3. The van der Waals surface area contributed by atoms with Crippen molar-refractivity contribution in [3.8, 4) is 16.9 Å². The molecule has 3 aromatic carbocycles. The SMILES string of the molecule is CC(C)Oc1ccc(C(=O)N[C@H](CNC(N)=O)Cc2ccc(-c3ccccc3)cc2)cc1I. The molecule has 0 spiro atoms. The molecular weight excluding hydrogens is 529 g/mol. The summed E-state index contributed by atoms with van der Waals surface area (Å²) in [5.74, 6) is 0.522. The highest BCUT2D eigenvalue weighted by atomic mass is 127. The van der Waals surface area contributed by atoms with Crippen LogP contribution in [0.3, 0.4) is 0 Å². The number of hydrogen-bond donors (Lipinski definition) is 3. The van der Waals surface area contributed by atoms with Gasteiger partial charge in [0.25, 0.3) is 5.91 Å². The third-order valence-electron chi connectivity index (χ3n) is 4.96. The number of nitrogens with two attached hydrogens (primary N) is 1. The monoisotopic (exact) mass is 557 g/mol. The quantitative estimate of drug-likeness (QED) is 0.332. The van der Waals surface area contributed by atoms with E-state index in [9.17, 15) is 9.59 Å². The van der Waals surface area contributed by atoms with Crippen LogP contribution >= 0.6 is 22.6 Å². The van der Waals surface area contributed by atoms with E-state index in [-0.39, 0.29) is 24.6 Å². The van der Waals surface area contributed by atoms with Gasteiger partial charge in [-0.1, -0.05) is 54.6 Å². The topological polar surface area (TPSA) is 93.4 Å². The fraction of sp³-hybridized carbons (Fsp3) is 0.231. The van der Waals surface area contributed by atoms with Crippen molar-refractivity contribution in [3.63, 3.8) is 0 Å². The number of carbonyl (C=O) groups is 2. The van der Waals surface area contributed by atoms with Crippen LogP contribution in [0.25, 0.3) is 11.1 Å². The fourth-order valence-corrected chi connectivity index (χ4v) is 4.05. The smallest absolute Gasteiger partial charge is 0.312 e. The van der Waals surface area contributed by atoms with Crippen LogP contribution in [-0.4, -0.2) is 30.6 Å². The van der Waals surface area contributed by atoms with E-state index in [4.69, 9.17) is 10.5 Å². The molecule has 0 aliphatic carbocycles. The van der Waals surface area contributed by atoms with Crippen molar-refractivity contribution in [3.05, 3.63) is 87.5 Å². The van der Waals surface area contributed by atoms with E-state index in [0.29, 0.717) is 12.0 Å². The molecule has 6 nitrogen and oxygen atoms in total. The first-order chi connectivity index (χ1) is 15.8. The van der Waals surface area contributed by atoms with Crippen LogP contribution in [0, 0.1) is 3.57 Å². The summed E-state index contributed by atoms with van der Waals surface area (Å²) < 4.78 is 6.60. The standard InChI is InChI=1S/C26H28IN3O3/c1-17(2)33-24-13-12-21(15-23(24)27)25(31)30-22(16-29-26(28)32)14-18-8-10-20(11-9-18)19-6-4-3-5-7-19/h3-13,15,17,22H,14,16H2,1-2H3,(H,30,31)(H3,28,29,32)/t22-/m0/s1. The Bertz CT molecular complexity index is 1090. The van der Waals surface area contributed by atoms with Gasteiger partial charge in [-0.05, 0) is 77.7 Å². The predicted molar refractivity (Wildman–Crippen MR) is 139 cm³/mol. The van der Waals surface area contributed by atoms with Gasteiger partial charge in [-0.3, -0.25) is 4.79 Å². The van der Waals surface area contributed by atoms with Crippen LogP contribution in [0.1, 0.15) is 29.8 Å². The van der Waals surface area contributed by atoms with Gasteiger partial charge in [0.05, 0.1) is 15.7 Å². The summed E-state index contributed by atoms with van der Waals surface area (Å²) in [7, 11) is 0. The van der Waals surface area contributed by atoms with Crippen molar-refractivity contribution in [2.24, 2.45) is 5.73 Å². The van der Waals surface area contributed by atoms with E-state index >= 15 is 0 Å². The summed E-state index contributed by atoms with van der Waals surface area (Å²) in [5.41, 5.74) is 9.09. The van der Waals surface area contributed by atoms with E-state index in [1.54, 1.807) is 18.2 Å². The summed E-state index contributed by atoms with van der Waals surface area (Å²) in [5, 5.41) is 5.62. The van der Waals surface area contributed by atoms with E-state index in [1.807, 2.05) is 44.2 Å². The number of ether oxygens (including phenoxy) is 1. The van der Waals surface area contributed by atoms with Crippen LogP contribution < -0.4 is 21.1 Å². The molecule has 0 saturated heterocycles. The molecule has 0 saturated carbocycles. The molecule has 3 rings (SSSR count). The normalized spacial score (nSPS) is 11.6. The minimum Gasteiger partial charge on any atom is -0.490 e. The highest BCUT2D eigenvalue weighted by Gasteiger charge is 2.17. The number of amides is 3. The number of benzene rings is 3. The van der Waals surface area contributed by atoms with Crippen molar-refractivity contribution < 1.29 is 14.3 Å². The van der Waals surface area contributed by atoms with Crippen molar-refractivity contribution in [2.75, 3.05) is 6.54 Å². The Balaban J connectivity index is 1.71. The average Bonchev–Trinajstić information content (AvgIpc) is 2.79. The molecule has 0 aliphatic heterocycles. The minimum atomic E-state index is -0.626. The molecule has 7 heteroatoms. The molecule has 3 aromatic rings. The lowest BCUT2D eigenvalue weighted by Crippen LogP contribution is -2.46. The Kier molecular flexibility index (Phi) is 8.71. The zero-order valence-electron chi connectivity index (χ0n) is 18.7. The Labute approximate surface area is 208 Å². The fourth-order valence-electron chi connectivity index (χ4n) is 3.41.